The molecule has 0 fully saturated rings. The Morgan fingerprint density at radius 3 is 1.28 bits per heavy atom. The van der Waals surface area contributed by atoms with Crippen LogP contribution in [0.3, 0.4) is 0 Å². The molecular formula is C48H95NO8P+. The summed E-state index contributed by atoms with van der Waals surface area (Å²) in [6.07, 6.45) is 43.9. The van der Waals surface area contributed by atoms with E-state index in [0.29, 0.717) is 23.9 Å². The van der Waals surface area contributed by atoms with E-state index in [2.05, 4.69) is 26.0 Å². The number of esters is 2. The van der Waals surface area contributed by atoms with Crippen LogP contribution in [0.15, 0.2) is 12.2 Å². The van der Waals surface area contributed by atoms with Crippen LogP contribution in [0.2, 0.25) is 0 Å². The first-order valence-electron chi connectivity index (χ1n) is 24.4. The summed E-state index contributed by atoms with van der Waals surface area (Å²) in [4.78, 5) is 35.5. The number of phosphoric acid groups is 1. The van der Waals surface area contributed by atoms with E-state index >= 15 is 0 Å². The number of carbonyl (C=O) groups is 2. The highest BCUT2D eigenvalue weighted by Gasteiger charge is 2.27. The average Bonchev–Trinajstić information content (AvgIpc) is 3.17. The lowest BCUT2D eigenvalue weighted by molar-refractivity contribution is -0.870. The summed E-state index contributed by atoms with van der Waals surface area (Å²) in [6.45, 7) is 4.46. The molecule has 2 unspecified atom stereocenters. The molecule has 0 radical (unpaired) electrons. The predicted molar refractivity (Wildman–Crippen MR) is 243 cm³/mol. The maximum atomic E-state index is 12.7. The highest BCUT2D eigenvalue weighted by Crippen LogP contribution is 2.43. The van der Waals surface area contributed by atoms with Crippen molar-refractivity contribution in [1.29, 1.82) is 0 Å². The highest BCUT2D eigenvalue weighted by molar-refractivity contribution is 7.47. The molecule has 0 heterocycles. The van der Waals surface area contributed by atoms with E-state index in [0.717, 1.165) is 32.1 Å². The Labute approximate surface area is 358 Å². The topological polar surface area (TPSA) is 108 Å². The van der Waals surface area contributed by atoms with Crippen molar-refractivity contribution in [3.63, 3.8) is 0 Å². The van der Waals surface area contributed by atoms with Crippen LogP contribution in [0.25, 0.3) is 0 Å². The summed E-state index contributed by atoms with van der Waals surface area (Å²) in [7, 11) is 1.49. The van der Waals surface area contributed by atoms with Gasteiger partial charge in [-0.25, -0.2) is 4.57 Å². The number of nitrogens with zero attached hydrogens (tertiary/aromatic N) is 1. The van der Waals surface area contributed by atoms with Crippen molar-refractivity contribution < 1.29 is 42.1 Å². The zero-order valence-corrected chi connectivity index (χ0v) is 39.7. The van der Waals surface area contributed by atoms with E-state index in [1.165, 1.54) is 167 Å². The highest BCUT2D eigenvalue weighted by atomic mass is 31.2. The minimum Gasteiger partial charge on any atom is -0.462 e. The monoisotopic (exact) mass is 845 g/mol. The molecule has 1 N–H and O–H groups in total. The van der Waals surface area contributed by atoms with E-state index in [-0.39, 0.29) is 25.6 Å². The number of hydrogen-bond donors (Lipinski definition) is 1. The van der Waals surface area contributed by atoms with Gasteiger partial charge in [0.05, 0.1) is 27.7 Å². The maximum absolute atomic E-state index is 12.7. The number of hydrogen-bond acceptors (Lipinski definition) is 7. The fourth-order valence-electron chi connectivity index (χ4n) is 6.95. The summed E-state index contributed by atoms with van der Waals surface area (Å²) < 4.78 is 34.4. The van der Waals surface area contributed by atoms with Crippen molar-refractivity contribution in [3.05, 3.63) is 12.2 Å². The third kappa shape index (κ3) is 44.3. The van der Waals surface area contributed by atoms with Crippen LogP contribution in [0, 0.1) is 0 Å². The zero-order chi connectivity index (χ0) is 42.8. The van der Waals surface area contributed by atoms with Crippen LogP contribution >= 0.6 is 7.82 Å². The molecule has 9 nitrogen and oxygen atoms in total. The molecule has 0 aliphatic heterocycles. The third-order valence-electron chi connectivity index (χ3n) is 10.8. The minimum atomic E-state index is -4.37. The van der Waals surface area contributed by atoms with Crippen LogP contribution in [-0.2, 0) is 32.7 Å². The van der Waals surface area contributed by atoms with Crippen LogP contribution in [0.5, 0.6) is 0 Å². The molecular weight excluding hydrogens is 750 g/mol. The molecule has 0 saturated carbocycles. The quantitative estimate of drug-likeness (QED) is 0.0212. The molecule has 2 atom stereocenters. The van der Waals surface area contributed by atoms with Crippen LogP contribution in [-0.4, -0.2) is 74.9 Å². The minimum absolute atomic E-state index is 0.0347. The first-order chi connectivity index (χ1) is 28.0. The molecule has 58 heavy (non-hydrogen) atoms. The molecule has 0 aromatic rings. The van der Waals surface area contributed by atoms with Gasteiger partial charge in [-0.15, -0.1) is 0 Å². The number of rotatable bonds is 45. The number of ether oxygens (including phenoxy) is 2. The lowest BCUT2D eigenvalue weighted by Gasteiger charge is -2.24. The van der Waals surface area contributed by atoms with Crippen molar-refractivity contribution in [2.24, 2.45) is 0 Å². The lowest BCUT2D eigenvalue weighted by Crippen LogP contribution is -2.37. The summed E-state index contributed by atoms with van der Waals surface area (Å²) in [5.41, 5.74) is 0. The van der Waals surface area contributed by atoms with Crippen molar-refractivity contribution >= 4 is 19.8 Å². The van der Waals surface area contributed by atoms with Crippen molar-refractivity contribution in [2.45, 2.75) is 238 Å². The molecule has 0 spiro atoms. The summed E-state index contributed by atoms with van der Waals surface area (Å²) in [5.74, 6) is -0.787. The number of phosphoric ester groups is 1. The Morgan fingerprint density at radius 1 is 0.517 bits per heavy atom. The van der Waals surface area contributed by atoms with Gasteiger partial charge in [-0.2, -0.15) is 0 Å². The summed E-state index contributed by atoms with van der Waals surface area (Å²) >= 11 is 0. The first kappa shape index (κ1) is 56.8. The molecule has 0 aliphatic rings. The Bertz CT molecular complexity index is 1000. The number of likely N-dealkylation sites (N-methyl/N-ethyl adjacent to an activating group) is 1. The zero-order valence-electron chi connectivity index (χ0n) is 38.8. The van der Waals surface area contributed by atoms with Gasteiger partial charge in [-0.3, -0.25) is 18.6 Å². The second kappa shape index (κ2) is 41.1. The Morgan fingerprint density at radius 2 is 0.879 bits per heavy atom. The largest absolute Gasteiger partial charge is 0.472 e. The van der Waals surface area contributed by atoms with Crippen molar-refractivity contribution in [2.75, 3.05) is 47.5 Å². The average molecular weight is 845 g/mol. The fourth-order valence-corrected chi connectivity index (χ4v) is 7.69. The molecule has 0 rings (SSSR count). The van der Waals surface area contributed by atoms with Crippen molar-refractivity contribution in [3.8, 4) is 0 Å². The molecule has 0 bridgehead atoms. The molecule has 0 amide bonds. The van der Waals surface area contributed by atoms with Gasteiger partial charge < -0.3 is 18.9 Å². The lowest BCUT2D eigenvalue weighted by atomic mass is 10.0. The summed E-state index contributed by atoms with van der Waals surface area (Å²) in [6, 6.07) is 0. The Hall–Kier alpha value is -1.25. The number of allylic oxidation sites excluding steroid dienone is 2. The normalized spacial score (nSPS) is 13.6. The van der Waals surface area contributed by atoms with Gasteiger partial charge in [0.25, 0.3) is 0 Å². The van der Waals surface area contributed by atoms with Gasteiger partial charge in [-0.1, -0.05) is 193 Å². The molecule has 0 saturated heterocycles. The standard InChI is InChI=1S/C48H94NO8P/c1-6-8-10-12-14-16-18-20-22-23-24-25-27-29-31-33-35-37-39-41-48(51)57-46(45-56-58(52,53)55-43-42-49(3,4)5)44-54-47(50)40-38-36-34-32-30-28-26-21-19-17-15-13-11-9-7-2/h20,22,46H,6-19,21,23-45H2,1-5H3/p+1/b22-20-. The number of quaternary nitrogens is 1. The van der Waals surface area contributed by atoms with E-state index in [9.17, 15) is 19.0 Å². The van der Waals surface area contributed by atoms with Gasteiger partial charge >= 0.3 is 19.8 Å². The Kier molecular flexibility index (Phi) is 40.2. The van der Waals surface area contributed by atoms with Crippen LogP contribution in [0.1, 0.15) is 232 Å². The van der Waals surface area contributed by atoms with Gasteiger partial charge in [0, 0.05) is 12.8 Å². The SMILES string of the molecule is CCCCCCCC/C=C\CCCCCCCCCCCC(=O)OC(COC(=O)CCCCCCCCCCCCCCCCC)COP(=O)(O)OCC[N+](C)(C)C. The smallest absolute Gasteiger partial charge is 0.462 e. The van der Waals surface area contributed by atoms with E-state index in [4.69, 9.17) is 18.5 Å². The molecule has 10 heteroatoms. The van der Waals surface area contributed by atoms with Crippen molar-refractivity contribution in [1.82, 2.24) is 0 Å². The number of unbranched alkanes of at least 4 members (excludes halogenated alkanes) is 29. The van der Waals surface area contributed by atoms with E-state index in [1.54, 1.807) is 0 Å². The predicted octanol–water partition coefficient (Wildman–Crippen LogP) is 14.1. The Balaban J connectivity index is 4.26. The third-order valence-corrected chi connectivity index (χ3v) is 11.8. The van der Waals surface area contributed by atoms with Gasteiger partial charge in [0.2, 0.25) is 0 Å². The molecule has 0 aromatic carbocycles. The first-order valence-corrected chi connectivity index (χ1v) is 25.9. The van der Waals surface area contributed by atoms with Crippen LogP contribution in [0.4, 0.5) is 0 Å². The number of carbonyl (C=O) groups excluding carboxylic acids is 2. The van der Waals surface area contributed by atoms with Gasteiger partial charge in [0.1, 0.15) is 19.8 Å². The van der Waals surface area contributed by atoms with Crippen LogP contribution < -0.4 is 0 Å². The second-order valence-corrected chi connectivity index (χ2v) is 19.3. The summed E-state index contributed by atoms with van der Waals surface area (Å²) in [5, 5.41) is 0. The second-order valence-electron chi connectivity index (χ2n) is 17.9. The molecule has 344 valence electrons. The fraction of sp³-hybridized carbons (Fsp3) is 0.917. The van der Waals surface area contributed by atoms with E-state index < -0.39 is 26.5 Å². The molecule has 0 aliphatic carbocycles. The molecule has 0 aromatic heterocycles. The van der Waals surface area contributed by atoms with Gasteiger partial charge in [-0.05, 0) is 38.5 Å². The van der Waals surface area contributed by atoms with E-state index in [1.807, 2.05) is 21.1 Å². The maximum Gasteiger partial charge on any atom is 0.472 e. The van der Waals surface area contributed by atoms with Gasteiger partial charge in [0.15, 0.2) is 6.10 Å².